The molecule has 1 fully saturated rings. The van der Waals surface area contributed by atoms with Gasteiger partial charge in [-0.25, -0.2) is 4.79 Å². The highest BCUT2D eigenvalue weighted by Gasteiger charge is 2.28. The molecule has 306 valence electrons. The Kier molecular flexibility index (Phi) is 23.5. The monoisotopic (exact) mass is 771 g/mol. The van der Waals surface area contributed by atoms with Gasteiger partial charge in [-0.2, -0.15) is 0 Å². The fraction of sp³-hybridized carbons (Fsp3) is 0.512. The van der Waals surface area contributed by atoms with Gasteiger partial charge < -0.3 is 35.1 Å². The van der Waals surface area contributed by atoms with Crippen LogP contribution in [0.2, 0.25) is 0 Å². The quantitative estimate of drug-likeness (QED) is 0.0804. The molecule has 1 saturated heterocycles. The first kappa shape index (κ1) is 49.9. The molecule has 55 heavy (non-hydrogen) atoms. The van der Waals surface area contributed by atoms with Crippen LogP contribution in [0.1, 0.15) is 78.9 Å². The van der Waals surface area contributed by atoms with Crippen LogP contribution in [-0.2, 0) is 51.1 Å². The van der Waals surface area contributed by atoms with E-state index < -0.39 is 28.7 Å². The zero-order chi connectivity index (χ0) is 42.2. The summed E-state index contributed by atoms with van der Waals surface area (Å²) < 4.78 is 15.0. The molecule has 0 radical (unpaired) electrons. The van der Waals surface area contributed by atoms with Crippen molar-refractivity contribution in [3.05, 3.63) is 66.2 Å². The third-order valence-corrected chi connectivity index (χ3v) is 7.67. The van der Waals surface area contributed by atoms with Crippen molar-refractivity contribution in [1.29, 1.82) is 0 Å². The van der Waals surface area contributed by atoms with Gasteiger partial charge in [0.2, 0.25) is 11.7 Å². The number of likely N-dealkylation sites (N-methyl/N-ethyl adjacent to an activating group) is 1. The minimum atomic E-state index is -0.958. The summed E-state index contributed by atoms with van der Waals surface area (Å²) in [6.07, 6.45) is 3.99. The van der Waals surface area contributed by atoms with Gasteiger partial charge in [-0.3, -0.25) is 28.9 Å². The number of carbonyl (C=O) groups is 6. The summed E-state index contributed by atoms with van der Waals surface area (Å²) in [7, 11) is 3.37. The number of amides is 1. The maximum atomic E-state index is 12.1. The molecular formula is C41H61N3O11. The number of aromatic hydroxyl groups is 1. The number of hydrogen-bond acceptors (Lipinski definition) is 12. The van der Waals surface area contributed by atoms with Crippen LogP contribution < -0.4 is 15.4 Å². The van der Waals surface area contributed by atoms with Crippen molar-refractivity contribution in [3.8, 4) is 11.5 Å². The average Bonchev–Trinajstić information content (AvgIpc) is 3.14. The van der Waals surface area contributed by atoms with E-state index in [2.05, 4.69) is 21.9 Å². The number of carboxylic acids is 1. The first-order chi connectivity index (χ1) is 25.8. The fourth-order valence-corrected chi connectivity index (χ4v) is 4.63. The number of rotatable bonds is 15. The predicted molar refractivity (Wildman–Crippen MR) is 211 cm³/mol. The molecule has 1 aliphatic rings. The standard InChI is InChI=1S/C24H31NO5.C9H12O4.C6H12N2O2.C2H6/c1-24(2,3)30-23(28)14-13-22(27)25-19-10-6-9-17(15-19)7-5-8-18-11-12-20(26)21(16-18)29-4;1-4-8(12)13-6-9(2,3)7(11)5-10;1-8-3-2-7-4-5(8)6(9)10;1-2/h6,9-12,15-16,26H,5,7-8,13-14H2,1-4H3,(H,25,27);4-5H,1,6H2,2-3H3;5,7H,2-4H2,1H3,(H,9,10);1-2H3. The molecule has 1 unspecified atom stereocenters. The zero-order valence-corrected chi connectivity index (χ0v) is 33.9. The predicted octanol–water partition coefficient (Wildman–Crippen LogP) is 5.15. The van der Waals surface area contributed by atoms with Crippen molar-refractivity contribution in [1.82, 2.24) is 10.2 Å². The summed E-state index contributed by atoms with van der Waals surface area (Å²) in [6.45, 7) is 17.8. The highest BCUT2D eigenvalue weighted by molar-refractivity contribution is 6.27. The van der Waals surface area contributed by atoms with E-state index in [0.717, 1.165) is 49.6 Å². The number of piperazine rings is 1. The highest BCUT2D eigenvalue weighted by atomic mass is 16.6. The molecule has 1 heterocycles. The molecule has 3 rings (SSSR count). The lowest BCUT2D eigenvalue weighted by atomic mass is 9.90. The van der Waals surface area contributed by atoms with Crippen LogP contribution >= 0.6 is 0 Å². The maximum Gasteiger partial charge on any atom is 0.330 e. The van der Waals surface area contributed by atoms with E-state index in [9.17, 15) is 33.9 Å². The van der Waals surface area contributed by atoms with Gasteiger partial charge in [0.05, 0.1) is 18.9 Å². The molecule has 14 heteroatoms. The topological polar surface area (TPSA) is 198 Å². The van der Waals surface area contributed by atoms with Crippen LogP contribution in [0.3, 0.4) is 0 Å². The number of hydrogen-bond donors (Lipinski definition) is 4. The number of ketones is 1. The smallest absolute Gasteiger partial charge is 0.330 e. The van der Waals surface area contributed by atoms with Gasteiger partial charge in [-0.1, -0.05) is 38.6 Å². The molecular weight excluding hydrogens is 710 g/mol. The van der Waals surface area contributed by atoms with E-state index >= 15 is 0 Å². The second-order valence-electron chi connectivity index (χ2n) is 13.9. The Bertz CT molecular complexity index is 1550. The zero-order valence-electron chi connectivity index (χ0n) is 33.9. The normalized spacial score (nSPS) is 13.7. The Hall–Kier alpha value is -5.08. The molecule has 1 atom stereocenters. The third-order valence-electron chi connectivity index (χ3n) is 7.67. The van der Waals surface area contributed by atoms with Gasteiger partial charge in [0, 0.05) is 37.8 Å². The molecule has 0 aliphatic carbocycles. The molecule has 0 bridgehead atoms. The number of nitrogens with zero attached hydrogens (tertiary/aromatic N) is 1. The van der Waals surface area contributed by atoms with Crippen LogP contribution in [0, 0.1) is 5.41 Å². The number of aldehydes is 1. The summed E-state index contributed by atoms with van der Waals surface area (Å²) >= 11 is 0. The van der Waals surface area contributed by atoms with Crippen LogP contribution in [0.25, 0.3) is 0 Å². The second kappa shape index (κ2) is 25.9. The van der Waals surface area contributed by atoms with Gasteiger partial charge in [0.15, 0.2) is 17.8 Å². The van der Waals surface area contributed by atoms with E-state index in [1.165, 1.54) is 21.0 Å². The highest BCUT2D eigenvalue weighted by Crippen LogP contribution is 2.27. The molecule has 0 spiro atoms. The number of aliphatic carboxylic acids is 1. The van der Waals surface area contributed by atoms with Crippen molar-refractivity contribution < 1.29 is 53.2 Å². The van der Waals surface area contributed by atoms with Crippen molar-refractivity contribution in [3.63, 3.8) is 0 Å². The van der Waals surface area contributed by atoms with Gasteiger partial charge in [-0.15, -0.1) is 0 Å². The summed E-state index contributed by atoms with van der Waals surface area (Å²) in [5, 5.41) is 24.2. The number of carbonyl (C=O) groups excluding carboxylic acids is 5. The number of carboxylic acid groups (broad SMARTS) is 1. The molecule has 0 saturated carbocycles. The summed E-state index contributed by atoms with van der Waals surface area (Å²) in [4.78, 5) is 67.9. The summed E-state index contributed by atoms with van der Waals surface area (Å²) in [5.74, 6) is -1.92. The number of esters is 2. The molecule has 14 nitrogen and oxygen atoms in total. The van der Waals surface area contributed by atoms with E-state index in [1.54, 1.807) is 26.8 Å². The second-order valence-corrected chi connectivity index (χ2v) is 13.9. The lowest BCUT2D eigenvalue weighted by Gasteiger charge is -2.29. The summed E-state index contributed by atoms with van der Waals surface area (Å²) in [6, 6.07) is 12.7. The Morgan fingerprint density at radius 2 is 1.64 bits per heavy atom. The SMILES string of the molecule is C=CC(=O)OCC(C)(C)C(=O)C=O.CC.CN1CCNCC1C(=O)O.COc1cc(CCCc2cccc(NC(=O)CCC(=O)OC(C)(C)C)c2)ccc1O. The number of anilines is 1. The number of aryl methyl sites for hydroxylation is 2. The van der Waals surface area contributed by atoms with E-state index in [0.29, 0.717) is 18.0 Å². The first-order valence-corrected chi connectivity index (χ1v) is 18.2. The number of ether oxygens (including phenoxy) is 3. The van der Waals surface area contributed by atoms with Crippen LogP contribution in [-0.4, -0.2) is 103 Å². The van der Waals surface area contributed by atoms with E-state index in [4.69, 9.17) is 14.6 Å². The number of Topliss-reactive ketones (excluding diaryl/α,β-unsaturated/α-hetero) is 1. The third kappa shape index (κ3) is 21.4. The summed E-state index contributed by atoms with van der Waals surface area (Å²) in [5.41, 5.74) is 1.42. The van der Waals surface area contributed by atoms with Gasteiger partial charge in [-0.05, 0) is 96.3 Å². The Morgan fingerprint density at radius 1 is 1.00 bits per heavy atom. The number of nitrogens with one attached hydrogen (secondary N) is 2. The largest absolute Gasteiger partial charge is 0.504 e. The van der Waals surface area contributed by atoms with E-state index in [1.807, 2.05) is 62.2 Å². The number of phenolic OH excluding ortho intramolecular Hbond substituents is 1. The number of benzene rings is 2. The molecule has 2 aromatic rings. The van der Waals surface area contributed by atoms with Crippen molar-refractivity contribution in [2.24, 2.45) is 5.41 Å². The van der Waals surface area contributed by atoms with Crippen LogP contribution in [0.5, 0.6) is 11.5 Å². The first-order valence-electron chi connectivity index (χ1n) is 18.2. The van der Waals surface area contributed by atoms with Crippen LogP contribution in [0.15, 0.2) is 55.1 Å². The number of methoxy groups -OCH3 is 1. The van der Waals surface area contributed by atoms with Gasteiger partial charge in [0.1, 0.15) is 18.2 Å². The average molecular weight is 772 g/mol. The van der Waals surface area contributed by atoms with Gasteiger partial charge in [0.25, 0.3) is 0 Å². The lowest BCUT2D eigenvalue weighted by molar-refractivity contribution is -0.155. The van der Waals surface area contributed by atoms with Crippen molar-refractivity contribution in [2.45, 2.75) is 92.2 Å². The van der Waals surface area contributed by atoms with E-state index in [-0.39, 0.29) is 49.4 Å². The number of phenols is 1. The fourth-order valence-electron chi connectivity index (χ4n) is 4.63. The molecule has 2 aromatic carbocycles. The lowest BCUT2D eigenvalue weighted by Crippen LogP contribution is -2.52. The van der Waals surface area contributed by atoms with Crippen LogP contribution in [0.4, 0.5) is 5.69 Å². The minimum absolute atomic E-state index is 0.0545. The molecule has 1 aliphatic heterocycles. The van der Waals surface area contributed by atoms with Crippen molar-refractivity contribution >= 4 is 41.6 Å². The van der Waals surface area contributed by atoms with Crippen molar-refractivity contribution in [2.75, 3.05) is 45.7 Å². The van der Waals surface area contributed by atoms with Gasteiger partial charge >= 0.3 is 17.9 Å². The molecule has 4 N–H and O–H groups in total. The maximum absolute atomic E-state index is 12.1. The molecule has 0 aromatic heterocycles. The Balaban J connectivity index is 0.000000954. The Labute approximate surface area is 325 Å². The minimum Gasteiger partial charge on any atom is -0.504 e. The Morgan fingerprint density at radius 3 is 2.16 bits per heavy atom. The molecule has 1 amide bonds.